The number of hydrogen-bond donors (Lipinski definition) is 2. The van der Waals surface area contributed by atoms with Gasteiger partial charge in [0.05, 0.1) is 0 Å². The Morgan fingerprint density at radius 1 is 1.17 bits per heavy atom. The summed E-state index contributed by atoms with van der Waals surface area (Å²) >= 11 is 0. The van der Waals surface area contributed by atoms with Crippen LogP contribution >= 0.6 is 0 Å². The van der Waals surface area contributed by atoms with Crippen molar-refractivity contribution >= 4 is 5.69 Å². The molecule has 3 N–H and O–H groups in total. The van der Waals surface area contributed by atoms with E-state index in [1.807, 2.05) is 0 Å². The molecule has 1 atom stereocenters. The maximum Gasteiger partial charge on any atom is 0.0383 e. The Hall–Kier alpha value is -1.02. The van der Waals surface area contributed by atoms with E-state index < -0.39 is 0 Å². The summed E-state index contributed by atoms with van der Waals surface area (Å²) in [5.41, 5.74) is 8.32. The minimum atomic E-state index is 0.411. The summed E-state index contributed by atoms with van der Waals surface area (Å²) in [6.45, 7) is 5.08. The van der Waals surface area contributed by atoms with Gasteiger partial charge in [0.25, 0.3) is 0 Å². The highest BCUT2D eigenvalue weighted by molar-refractivity contribution is 5.46. The van der Waals surface area contributed by atoms with Crippen LogP contribution in [0.15, 0.2) is 24.3 Å². The Balaban J connectivity index is 2.28. The van der Waals surface area contributed by atoms with Gasteiger partial charge in [0.2, 0.25) is 0 Å². The molecule has 0 aromatic heterocycles. The zero-order chi connectivity index (χ0) is 13.2. The molecule has 0 bridgehead atoms. The fourth-order valence-electron chi connectivity index (χ4n) is 2.21. The van der Waals surface area contributed by atoms with Crippen LogP contribution in [0.25, 0.3) is 0 Å². The largest absolute Gasteiger partial charge is 0.381 e. The first kappa shape index (κ1) is 15.0. The van der Waals surface area contributed by atoms with E-state index in [1.54, 1.807) is 0 Å². The molecule has 0 saturated heterocycles. The van der Waals surface area contributed by atoms with E-state index in [-0.39, 0.29) is 0 Å². The molecule has 1 aromatic rings. The molecule has 102 valence electrons. The van der Waals surface area contributed by atoms with Crippen LogP contribution in [-0.4, -0.2) is 12.6 Å². The van der Waals surface area contributed by atoms with Crippen molar-refractivity contribution in [3.8, 4) is 0 Å². The minimum absolute atomic E-state index is 0.411. The highest BCUT2D eigenvalue weighted by Gasteiger charge is 2.05. The molecule has 2 heteroatoms. The van der Waals surface area contributed by atoms with Crippen LogP contribution in [-0.2, 0) is 0 Å². The molecule has 0 spiro atoms. The number of hydrogen-bond acceptors (Lipinski definition) is 2. The van der Waals surface area contributed by atoms with Gasteiger partial charge in [0, 0.05) is 18.3 Å². The normalized spacial score (nSPS) is 12.4. The molecule has 0 fully saturated rings. The molecule has 1 unspecified atom stereocenters. The lowest BCUT2D eigenvalue weighted by Gasteiger charge is -2.18. The fraction of sp³-hybridized carbons (Fsp3) is 0.625. The topological polar surface area (TPSA) is 38.0 Å². The molecule has 0 radical (unpaired) electrons. The molecular formula is C16H28N2. The van der Waals surface area contributed by atoms with Gasteiger partial charge in [-0.2, -0.15) is 0 Å². The number of anilines is 1. The molecule has 0 aliphatic rings. The van der Waals surface area contributed by atoms with E-state index >= 15 is 0 Å². The summed E-state index contributed by atoms with van der Waals surface area (Å²) in [5, 5.41) is 3.54. The van der Waals surface area contributed by atoms with Crippen molar-refractivity contribution in [2.75, 3.05) is 11.9 Å². The van der Waals surface area contributed by atoms with Gasteiger partial charge in [-0.3, -0.25) is 0 Å². The van der Waals surface area contributed by atoms with E-state index in [1.165, 1.54) is 49.8 Å². The van der Waals surface area contributed by atoms with Gasteiger partial charge in [-0.1, -0.05) is 51.2 Å². The number of unbranched alkanes of at least 4 members (excludes halogenated alkanes) is 4. The van der Waals surface area contributed by atoms with Crippen LogP contribution in [0.3, 0.4) is 0 Å². The van der Waals surface area contributed by atoms with Gasteiger partial charge in [0.1, 0.15) is 0 Å². The smallest absolute Gasteiger partial charge is 0.0383 e. The average molecular weight is 248 g/mol. The molecular weight excluding hydrogens is 220 g/mol. The molecule has 0 amide bonds. The summed E-state index contributed by atoms with van der Waals surface area (Å²) < 4.78 is 0. The van der Waals surface area contributed by atoms with E-state index in [9.17, 15) is 0 Å². The SMILES string of the molecule is CCCCCCCC(CN)Nc1cccc(C)c1. The van der Waals surface area contributed by atoms with Crippen molar-refractivity contribution in [2.45, 2.75) is 58.4 Å². The molecule has 18 heavy (non-hydrogen) atoms. The number of rotatable bonds is 9. The molecule has 1 rings (SSSR count). The van der Waals surface area contributed by atoms with E-state index in [0.29, 0.717) is 12.6 Å². The van der Waals surface area contributed by atoms with Crippen molar-refractivity contribution < 1.29 is 0 Å². The lowest BCUT2D eigenvalue weighted by atomic mass is 10.1. The Morgan fingerprint density at radius 2 is 1.94 bits per heavy atom. The summed E-state index contributed by atoms with van der Waals surface area (Å²) in [4.78, 5) is 0. The van der Waals surface area contributed by atoms with E-state index in [4.69, 9.17) is 5.73 Å². The van der Waals surface area contributed by atoms with Gasteiger partial charge in [-0.15, -0.1) is 0 Å². The summed E-state index contributed by atoms with van der Waals surface area (Å²) in [6, 6.07) is 8.92. The average Bonchev–Trinajstić information content (AvgIpc) is 2.37. The van der Waals surface area contributed by atoms with Crippen molar-refractivity contribution in [3.05, 3.63) is 29.8 Å². The van der Waals surface area contributed by atoms with Crippen LogP contribution < -0.4 is 11.1 Å². The van der Waals surface area contributed by atoms with E-state index in [2.05, 4.69) is 43.4 Å². The lowest BCUT2D eigenvalue weighted by molar-refractivity contribution is 0.563. The highest BCUT2D eigenvalue weighted by Crippen LogP contribution is 2.14. The Morgan fingerprint density at radius 3 is 2.61 bits per heavy atom. The van der Waals surface area contributed by atoms with Crippen molar-refractivity contribution in [1.82, 2.24) is 0 Å². The lowest BCUT2D eigenvalue weighted by Crippen LogP contribution is -2.28. The van der Waals surface area contributed by atoms with Gasteiger partial charge in [0.15, 0.2) is 0 Å². The third-order valence-corrected chi connectivity index (χ3v) is 3.33. The van der Waals surface area contributed by atoms with E-state index in [0.717, 1.165) is 0 Å². The number of benzene rings is 1. The summed E-state index contributed by atoms with van der Waals surface area (Å²) in [7, 11) is 0. The molecule has 1 aromatic carbocycles. The maximum atomic E-state index is 5.84. The van der Waals surface area contributed by atoms with Crippen molar-refractivity contribution in [2.24, 2.45) is 5.73 Å². The molecule has 0 heterocycles. The Bertz CT molecular complexity index is 323. The number of aryl methyl sites for hydroxylation is 1. The predicted molar refractivity (Wildman–Crippen MR) is 81.0 cm³/mol. The third-order valence-electron chi connectivity index (χ3n) is 3.33. The van der Waals surface area contributed by atoms with Crippen LogP contribution in [0.1, 0.15) is 51.0 Å². The van der Waals surface area contributed by atoms with Gasteiger partial charge in [-0.05, 0) is 31.0 Å². The maximum absolute atomic E-state index is 5.84. The minimum Gasteiger partial charge on any atom is -0.381 e. The van der Waals surface area contributed by atoms with Crippen LogP contribution in [0.2, 0.25) is 0 Å². The van der Waals surface area contributed by atoms with Crippen LogP contribution in [0, 0.1) is 6.92 Å². The first-order valence-electron chi connectivity index (χ1n) is 7.29. The van der Waals surface area contributed by atoms with Crippen molar-refractivity contribution in [3.63, 3.8) is 0 Å². The predicted octanol–water partition coefficient (Wildman–Crippen LogP) is 4.09. The Labute approximate surface area is 112 Å². The van der Waals surface area contributed by atoms with Gasteiger partial charge < -0.3 is 11.1 Å². The van der Waals surface area contributed by atoms with Gasteiger partial charge in [-0.25, -0.2) is 0 Å². The first-order valence-corrected chi connectivity index (χ1v) is 7.29. The standard InChI is InChI=1S/C16H28N2/c1-3-4-5-6-7-10-16(13-17)18-15-11-8-9-14(2)12-15/h8-9,11-12,16,18H,3-7,10,13,17H2,1-2H3. The third kappa shape index (κ3) is 6.06. The van der Waals surface area contributed by atoms with Crippen molar-refractivity contribution in [1.29, 1.82) is 0 Å². The monoisotopic (exact) mass is 248 g/mol. The molecule has 0 aliphatic carbocycles. The highest BCUT2D eigenvalue weighted by atomic mass is 14.9. The second kappa shape index (κ2) is 8.98. The molecule has 0 saturated carbocycles. The van der Waals surface area contributed by atoms with Crippen LogP contribution in [0.4, 0.5) is 5.69 Å². The summed E-state index contributed by atoms with van der Waals surface area (Å²) in [5.74, 6) is 0. The van der Waals surface area contributed by atoms with Crippen LogP contribution in [0.5, 0.6) is 0 Å². The zero-order valence-corrected chi connectivity index (χ0v) is 11.9. The fourth-order valence-corrected chi connectivity index (χ4v) is 2.21. The number of nitrogens with one attached hydrogen (secondary N) is 1. The second-order valence-corrected chi connectivity index (χ2v) is 5.15. The second-order valence-electron chi connectivity index (χ2n) is 5.15. The zero-order valence-electron chi connectivity index (χ0n) is 11.9. The Kier molecular flexibility index (Phi) is 7.51. The number of nitrogens with two attached hydrogens (primary N) is 1. The summed E-state index contributed by atoms with van der Waals surface area (Å²) in [6.07, 6.45) is 7.81. The molecule has 0 aliphatic heterocycles. The van der Waals surface area contributed by atoms with Gasteiger partial charge >= 0.3 is 0 Å². The quantitative estimate of drug-likeness (QED) is 0.646. The molecule has 2 nitrogen and oxygen atoms in total. The first-order chi connectivity index (χ1) is 8.76.